The third kappa shape index (κ3) is 2.66. The maximum absolute atomic E-state index is 13.0. The van der Waals surface area contributed by atoms with Crippen molar-refractivity contribution in [2.75, 3.05) is 20.8 Å². The van der Waals surface area contributed by atoms with Crippen molar-refractivity contribution in [2.24, 2.45) is 0 Å². The van der Waals surface area contributed by atoms with Crippen LogP contribution in [0.3, 0.4) is 0 Å². The number of ether oxygens (including phenoxy) is 2. The molecule has 0 saturated heterocycles. The number of aromatic nitrogens is 3. The number of aryl methyl sites for hydroxylation is 1. The molecule has 0 aliphatic carbocycles. The second kappa shape index (κ2) is 5.82. The average molecular weight is 338 g/mol. The van der Waals surface area contributed by atoms with Crippen molar-refractivity contribution >= 4 is 10.0 Å². The molecule has 1 aliphatic heterocycles. The van der Waals surface area contributed by atoms with Gasteiger partial charge in [-0.2, -0.15) is 4.31 Å². The van der Waals surface area contributed by atoms with Crippen LogP contribution in [0.15, 0.2) is 23.4 Å². The zero-order chi connectivity index (χ0) is 16.6. The van der Waals surface area contributed by atoms with E-state index in [-0.39, 0.29) is 11.4 Å². The molecule has 23 heavy (non-hydrogen) atoms. The Balaban J connectivity index is 2.00. The third-order valence-electron chi connectivity index (χ3n) is 3.90. The molecule has 8 nitrogen and oxygen atoms in total. The van der Waals surface area contributed by atoms with Crippen LogP contribution in [0, 0.1) is 6.92 Å². The lowest BCUT2D eigenvalue weighted by Crippen LogP contribution is -2.38. The molecule has 0 bridgehead atoms. The van der Waals surface area contributed by atoms with Crippen LogP contribution in [0.25, 0.3) is 0 Å². The zero-order valence-electron chi connectivity index (χ0n) is 13.2. The lowest BCUT2D eigenvalue weighted by molar-refractivity contribution is 0.333. The van der Waals surface area contributed by atoms with E-state index in [1.54, 1.807) is 19.3 Å². The highest BCUT2D eigenvalue weighted by molar-refractivity contribution is 7.89. The average Bonchev–Trinajstić information content (AvgIpc) is 3.01. The number of nitrogens with zero attached hydrogens (tertiary/aromatic N) is 4. The standard InChI is InChI=1S/C14H18N4O4S/c1-10-6-11(21-2)12(22-3)7-13(10)23(19,20)18-5-4-17-9-15-16-14(17)8-18/h6-7,9H,4-5,8H2,1-3H3. The molecule has 2 heterocycles. The summed E-state index contributed by atoms with van der Waals surface area (Å²) in [6.07, 6.45) is 1.61. The number of benzene rings is 1. The molecule has 1 aromatic carbocycles. The van der Waals surface area contributed by atoms with Crippen molar-refractivity contribution in [3.05, 3.63) is 29.8 Å². The fourth-order valence-corrected chi connectivity index (χ4v) is 4.24. The van der Waals surface area contributed by atoms with E-state index in [0.29, 0.717) is 36.0 Å². The SMILES string of the molecule is COc1cc(C)c(S(=O)(=O)N2CCn3cnnc3C2)cc1OC. The smallest absolute Gasteiger partial charge is 0.243 e. The Labute approximate surface area is 134 Å². The summed E-state index contributed by atoms with van der Waals surface area (Å²) >= 11 is 0. The Kier molecular flexibility index (Phi) is 3.99. The van der Waals surface area contributed by atoms with Gasteiger partial charge in [-0.05, 0) is 18.6 Å². The molecular formula is C14H18N4O4S. The molecule has 0 saturated carbocycles. The molecule has 9 heteroatoms. The van der Waals surface area contributed by atoms with Crippen molar-refractivity contribution in [2.45, 2.75) is 24.9 Å². The van der Waals surface area contributed by atoms with Gasteiger partial charge in [-0.1, -0.05) is 0 Å². The van der Waals surface area contributed by atoms with Crippen LogP contribution in [0.4, 0.5) is 0 Å². The van der Waals surface area contributed by atoms with E-state index in [4.69, 9.17) is 9.47 Å². The molecule has 0 spiro atoms. The second-order valence-corrected chi connectivity index (χ2v) is 7.16. The molecule has 0 radical (unpaired) electrons. The quantitative estimate of drug-likeness (QED) is 0.820. The van der Waals surface area contributed by atoms with Gasteiger partial charge in [0.1, 0.15) is 12.2 Å². The summed E-state index contributed by atoms with van der Waals surface area (Å²) in [5.74, 6) is 1.53. The van der Waals surface area contributed by atoms with Crippen LogP contribution in [-0.2, 0) is 23.1 Å². The van der Waals surface area contributed by atoms with Gasteiger partial charge in [-0.3, -0.25) is 0 Å². The first-order valence-electron chi connectivity index (χ1n) is 7.07. The number of hydrogen-bond donors (Lipinski definition) is 0. The van der Waals surface area contributed by atoms with E-state index in [1.807, 2.05) is 4.57 Å². The number of rotatable bonds is 4. The van der Waals surface area contributed by atoms with Crippen LogP contribution in [-0.4, -0.2) is 48.3 Å². The lowest BCUT2D eigenvalue weighted by Gasteiger charge is -2.27. The molecule has 0 N–H and O–H groups in total. The van der Waals surface area contributed by atoms with E-state index in [0.717, 1.165) is 0 Å². The second-order valence-electron chi connectivity index (χ2n) is 5.25. The Bertz CT molecular complexity index is 831. The van der Waals surface area contributed by atoms with Gasteiger partial charge in [-0.25, -0.2) is 8.42 Å². The third-order valence-corrected chi connectivity index (χ3v) is 5.89. The van der Waals surface area contributed by atoms with Gasteiger partial charge in [-0.15, -0.1) is 10.2 Å². The van der Waals surface area contributed by atoms with Crippen molar-refractivity contribution in [1.29, 1.82) is 0 Å². The molecule has 0 fully saturated rings. The Morgan fingerprint density at radius 3 is 2.52 bits per heavy atom. The van der Waals surface area contributed by atoms with E-state index < -0.39 is 10.0 Å². The fourth-order valence-electron chi connectivity index (χ4n) is 2.63. The minimum atomic E-state index is -3.65. The van der Waals surface area contributed by atoms with Crippen LogP contribution in [0.1, 0.15) is 11.4 Å². The van der Waals surface area contributed by atoms with Gasteiger partial charge in [0.05, 0.1) is 25.7 Å². The van der Waals surface area contributed by atoms with Crippen molar-refractivity contribution < 1.29 is 17.9 Å². The summed E-state index contributed by atoms with van der Waals surface area (Å²) in [7, 11) is -0.658. The summed E-state index contributed by atoms with van der Waals surface area (Å²) in [5, 5.41) is 7.78. The van der Waals surface area contributed by atoms with E-state index in [9.17, 15) is 8.42 Å². The fraction of sp³-hybridized carbons (Fsp3) is 0.429. The molecule has 1 aromatic heterocycles. The monoisotopic (exact) mass is 338 g/mol. The lowest BCUT2D eigenvalue weighted by atomic mass is 10.2. The Morgan fingerprint density at radius 2 is 1.83 bits per heavy atom. The summed E-state index contributed by atoms with van der Waals surface area (Å²) < 4.78 is 39.7. The first-order valence-corrected chi connectivity index (χ1v) is 8.51. The molecular weight excluding hydrogens is 320 g/mol. The maximum atomic E-state index is 13.0. The van der Waals surface area contributed by atoms with Gasteiger partial charge in [0, 0.05) is 19.2 Å². The number of hydrogen-bond acceptors (Lipinski definition) is 6. The number of fused-ring (bicyclic) bond motifs is 1. The van der Waals surface area contributed by atoms with Gasteiger partial charge >= 0.3 is 0 Å². The van der Waals surface area contributed by atoms with Gasteiger partial charge in [0.25, 0.3) is 0 Å². The molecule has 3 rings (SSSR count). The number of methoxy groups -OCH3 is 2. The highest BCUT2D eigenvalue weighted by atomic mass is 32.2. The predicted octanol–water partition coefficient (Wildman–Crippen LogP) is 0.808. The van der Waals surface area contributed by atoms with Crippen molar-refractivity contribution in [3.8, 4) is 11.5 Å². The molecule has 0 atom stereocenters. The molecule has 0 unspecified atom stereocenters. The van der Waals surface area contributed by atoms with E-state index in [1.165, 1.54) is 24.6 Å². The predicted molar refractivity (Wildman–Crippen MR) is 81.9 cm³/mol. The van der Waals surface area contributed by atoms with Gasteiger partial charge in [0.15, 0.2) is 11.5 Å². The molecule has 0 amide bonds. The molecule has 124 valence electrons. The first kappa shape index (κ1) is 15.8. The largest absolute Gasteiger partial charge is 0.493 e. The summed E-state index contributed by atoms with van der Waals surface area (Å²) in [4.78, 5) is 0.211. The highest BCUT2D eigenvalue weighted by Crippen LogP contribution is 2.34. The van der Waals surface area contributed by atoms with Crippen LogP contribution < -0.4 is 9.47 Å². The van der Waals surface area contributed by atoms with E-state index >= 15 is 0 Å². The Morgan fingerprint density at radius 1 is 1.13 bits per heavy atom. The van der Waals surface area contributed by atoms with Gasteiger partial charge < -0.3 is 14.0 Å². The van der Waals surface area contributed by atoms with Crippen molar-refractivity contribution in [3.63, 3.8) is 0 Å². The van der Waals surface area contributed by atoms with Crippen LogP contribution in [0.5, 0.6) is 11.5 Å². The topological polar surface area (TPSA) is 86.6 Å². The van der Waals surface area contributed by atoms with Crippen LogP contribution in [0.2, 0.25) is 0 Å². The van der Waals surface area contributed by atoms with E-state index in [2.05, 4.69) is 10.2 Å². The molecule has 2 aromatic rings. The van der Waals surface area contributed by atoms with Crippen LogP contribution >= 0.6 is 0 Å². The Hall–Kier alpha value is -2.13. The summed E-state index contributed by atoms with van der Waals surface area (Å²) in [6, 6.07) is 3.17. The zero-order valence-corrected chi connectivity index (χ0v) is 14.0. The van der Waals surface area contributed by atoms with Gasteiger partial charge in [0.2, 0.25) is 10.0 Å². The number of sulfonamides is 1. The summed E-state index contributed by atoms with van der Waals surface area (Å²) in [5.41, 5.74) is 0.606. The molecule has 1 aliphatic rings. The maximum Gasteiger partial charge on any atom is 0.243 e. The van der Waals surface area contributed by atoms with Crippen molar-refractivity contribution in [1.82, 2.24) is 19.1 Å². The highest BCUT2D eigenvalue weighted by Gasteiger charge is 2.31. The first-order chi connectivity index (χ1) is 11.0. The minimum absolute atomic E-state index is 0.204. The normalized spacial score (nSPS) is 15.3. The summed E-state index contributed by atoms with van der Waals surface area (Å²) in [6.45, 7) is 2.85. The minimum Gasteiger partial charge on any atom is -0.493 e.